The van der Waals surface area contributed by atoms with Crippen LogP contribution in [0, 0.1) is 0 Å². The van der Waals surface area contributed by atoms with Crippen molar-refractivity contribution in [1.29, 1.82) is 0 Å². The van der Waals surface area contributed by atoms with Crippen molar-refractivity contribution in [2.45, 2.75) is 13.3 Å². The van der Waals surface area contributed by atoms with E-state index >= 15 is 0 Å². The average molecular weight is 410 g/mol. The second kappa shape index (κ2) is 9.19. The number of hydrogen-bond acceptors (Lipinski definition) is 7. The number of ether oxygens (including phenoxy) is 1. The number of amides is 1. The lowest BCUT2D eigenvalue weighted by molar-refractivity contribution is 0.0378. The summed E-state index contributed by atoms with van der Waals surface area (Å²) < 4.78 is 6.83. The quantitative estimate of drug-likeness (QED) is 0.445. The van der Waals surface area contributed by atoms with E-state index in [0.717, 1.165) is 39.3 Å². The molecule has 0 aromatic carbocycles. The zero-order valence-electron chi connectivity index (χ0n) is 17.1. The van der Waals surface area contributed by atoms with Crippen LogP contribution in [0.1, 0.15) is 23.7 Å². The molecule has 1 aliphatic heterocycles. The van der Waals surface area contributed by atoms with E-state index in [4.69, 9.17) is 4.74 Å². The summed E-state index contributed by atoms with van der Waals surface area (Å²) in [5.41, 5.74) is 0.958. The van der Waals surface area contributed by atoms with Crippen molar-refractivity contribution in [3.8, 4) is 0 Å². The van der Waals surface area contributed by atoms with E-state index < -0.39 is 0 Å². The Morgan fingerprint density at radius 1 is 1.23 bits per heavy atom. The van der Waals surface area contributed by atoms with Gasteiger partial charge in [-0.1, -0.05) is 6.07 Å². The van der Waals surface area contributed by atoms with Gasteiger partial charge in [-0.3, -0.25) is 18.9 Å². The first-order valence-electron chi connectivity index (χ1n) is 10.3. The molecule has 3 aromatic heterocycles. The highest BCUT2D eigenvalue weighted by molar-refractivity contribution is 6.01. The smallest absolute Gasteiger partial charge is 0.267 e. The number of fused-ring (bicyclic) bond motifs is 2. The van der Waals surface area contributed by atoms with Crippen LogP contribution in [0.5, 0.6) is 0 Å². The maximum atomic E-state index is 12.9. The second-order valence-corrected chi connectivity index (χ2v) is 7.20. The number of hydrogen-bond donors (Lipinski definition) is 2. The lowest BCUT2D eigenvalue weighted by Gasteiger charge is -2.26. The summed E-state index contributed by atoms with van der Waals surface area (Å²) >= 11 is 0. The van der Waals surface area contributed by atoms with Gasteiger partial charge in [0.2, 0.25) is 0 Å². The van der Waals surface area contributed by atoms with Gasteiger partial charge < -0.3 is 15.4 Å². The molecule has 158 valence electrons. The summed E-state index contributed by atoms with van der Waals surface area (Å²) in [4.78, 5) is 36.9. The molecule has 0 spiro atoms. The first-order chi connectivity index (χ1) is 14.7. The molecule has 0 unspecified atom stereocenters. The van der Waals surface area contributed by atoms with Crippen molar-refractivity contribution in [2.75, 3.05) is 51.3 Å². The van der Waals surface area contributed by atoms with Crippen molar-refractivity contribution in [3.05, 3.63) is 46.4 Å². The minimum atomic E-state index is -0.264. The summed E-state index contributed by atoms with van der Waals surface area (Å²) in [7, 11) is 0. The Kier molecular flexibility index (Phi) is 6.20. The molecule has 0 atom stereocenters. The first kappa shape index (κ1) is 20.2. The Morgan fingerprint density at radius 3 is 2.87 bits per heavy atom. The standard InChI is InChI=1S/C21H26N6O3/c1-2-22-20(28)15-14-16-19(24-17-6-3-4-9-27(17)21(16)29)25-18(15)23-7-5-8-26-10-12-30-13-11-26/h3-4,6,9,14H,2,5,7-8,10-13H2,1H3,(H,22,28)(H,23,25). The van der Waals surface area contributed by atoms with E-state index in [1.807, 2.05) is 13.0 Å². The zero-order valence-corrected chi connectivity index (χ0v) is 17.1. The molecule has 3 aromatic rings. The van der Waals surface area contributed by atoms with Crippen LogP contribution < -0.4 is 16.2 Å². The summed E-state index contributed by atoms with van der Waals surface area (Å²) in [5, 5.41) is 6.39. The molecule has 1 amide bonds. The van der Waals surface area contributed by atoms with Gasteiger partial charge in [-0.2, -0.15) is 0 Å². The van der Waals surface area contributed by atoms with E-state index in [9.17, 15) is 9.59 Å². The number of carbonyl (C=O) groups is 1. The predicted octanol–water partition coefficient (Wildman–Crippen LogP) is 1.13. The molecule has 2 N–H and O–H groups in total. The molecule has 0 aliphatic carbocycles. The molecule has 4 heterocycles. The van der Waals surface area contributed by atoms with Crippen molar-refractivity contribution in [1.82, 2.24) is 24.6 Å². The summed E-state index contributed by atoms with van der Waals surface area (Å²) in [6, 6.07) is 6.94. The molecular weight excluding hydrogens is 384 g/mol. The van der Waals surface area contributed by atoms with E-state index in [1.165, 1.54) is 4.40 Å². The van der Waals surface area contributed by atoms with Gasteiger partial charge in [0, 0.05) is 32.4 Å². The van der Waals surface area contributed by atoms with Gasteiger partial charge in [-0.05, 0) is 38.1 Å². The highest BCUT2D eigenvalue weighted by atomic mass is 16.5. The Morgan fingerprint density at radius 2 is 2.07 bits per heavy atom. The third-order valence-corrected chi connectivity index (χ3v) is 5.14. The summed E-state index contributed by atoms with van der Waals surface area (Å²) in [6.07, 6.45) is 2.57. The molecule has 0 radical (unpaired) electrons. The lowest BCUT2D eigenvalue weighted by atomic mass is 10.2. The van der Waals surface area contributed by atoms with Crippen molar-refractivity contribution in [2.24, 2.45) is 0 Å². The molecule has 30 heavy (non-hydrogen) atoms. The van der Waals surface area contributed by atoms with Gasteiger partial charge in [0.15, 0.2) is 5.65 Å². The maximum absolute atomic E-state index is 12.9. The van der Waals surface area contributed by atoms with Crippen LogP contribution in [0.3, 0.4) is 0 Å². The third-order valence-electron chi connectivity index (χ3n) is 5.14. The number of morpholine rings is 1. The number of pyridine rings is 2. The third kappa shape index (κ3) is 4.27. The summed E-state index contributed by atoms with van der Waals surface area (Å²) in [5.74, 6) is 0.183. The van der Waals surface area contributed by atoms with E-state index in [0.29, 0.717) is 41.2 Å². The van der Waals surface area contributed by atoms with Crippen LogP contribution in [0.2, 0.25) is 0 Å². The SMILES string of the molecule is CCNC(=O)c1cc2c(=O)n3ccccc3nc2nc1NCCCN1CCOCC1. The fraction of sp³-hybridized carbons (Fsp3) is 0.429. The molecule has 0 bridgehead atoms. The van der Waals surface area contributed by atoms with E-state index in [2.05, 4.69) is 25.5 Å². The Labute approximate surface area is 174 Å². The fourth-order valence-corrected chi connectivity index (χ4v) is 3.58. The average Bonchev–Trinajstić information content (AvgIpc) is 2.77. The molecule has 4 rings (SSSR count). The minimum Gasteiger partial charge on any atom is -0.379 e. The van der Waals surface area contributed by atoms with Gasteiger partial charge in [0.25, 0.3) is 11.5 Å². The van der Waals surface area contributed by atoms with Crippen molar-refractivity contribution in [3.63, 3.8) is 0 Å². The van der Waals surface area contributed by atoms with Gasteiger partial charge in [0.1, 0.15) is 11.5 Å². The molecule has 9 heteroatoms. The normalized spacial score (nSPS) is 14.8. The molecule has 0 saturated carbocycles. The molecular formula is C21H26N6O3. The Bertz CT molecular complexity index is 1110. The fourth-order valence-electron chi connectivity index (χ4n) is 3.58. The topological polar surface area (TPSA) is 101 Å². The number of nitrogens with one attached hydrogen (secondary N) is 2. The molecule has 1 saturated heterocycles. The van der Waals surface area contributed by atoms with Crippen LogP contribution in [0.4, 0.5) is 5.82 Å². The number of aromatic nitrogens is 3. The highest BCUT2D eigenvalue weighted by Crippen LogP contribution is 2.18. The van der Waals surface area contributed by atoms with Gasteiger partial charge in [0.05, 0.1) is 24.2 Å². The number of carbonyl (C=O) groups excluding carboxylic acids is 1. The Hall–Kier alpha value is -3.04. The second-order valence-electron chi connectivity index (χ2n) is 7.20. The van der Waals surface area contributed by atoms with E-state index in [-0.39, 0.29) is 11.5 Å². The maximum Gasteiger partial charge on any atom is 0.267 e. The van der Waals surface area contributed by atoms with Crippen molar-refractivity contribution < 1.29 is 9.53 Å². The molecule has 1 fully saturated rings. The minimum absolute atomic E-state index is 0.243. The Balaban J connectivity index is 1.62. The largest absolute Gasteiger partial charge is 0.379 e. The molecule has 9 nitrogen and oxygen atoms in total. The van der Waals surface area contributed by atoms with Crippen LogP contribution in [-0.4, -0.2) is 71.1 Å². The number of rotatable bonds is 7. The number of nitrogens with zero attached hydrogens (tertiary/aromatic N) is 4. The first-order valence-corrected chi connectivity index (χ1v) is 10.3. The van der Waals surface area contributed by atoms with Gasteiger partial charge >= 0.3 is 0 Å². The van der Waals surface area contributed by atoms with Crippen LogP contribution in [0.25, 0.3) is 16.7 Å². The van der Waals surface area contributed by atoms with Crippen LogP contribution in [0.15, 0.2) is 35.3 Å². The summed E-state index contributed by atoms with van der Waals surface area (Å²) in [6.45, 7) is 7.39. The van der Waals surface area contributed by atoms with Crippen LogP contribution in [-0.2, 0) is 4.74 Å². The zero-order chi connectivity index (χ0) is 20.9. The monoisotopic (exact) mass is 410 g/mol. The van der Waals surface area contributed by atoms with E-state index in [1.54, 1.807) is 24.4 Å². The molecule has 1 aliphatic rings. The van der Waals surface area contributed by atoms with Gasteiger partial charge in [-0.15, -0.1) is 0 Å². The van der Waals surface area contributed by atoms with Crippen molar-refractivity contribution >= 4 is 28.4 Å². The highest BCUT2D eigenvalue weighted by Gasteiger charge is 2.17. The number of anilines is 1. The lowest BCUT2D eigenvalue weighted by Crippen LogP contribution is -2.37. The van der Waals surface area contributed by atoms with Gasteiger partial charge in [-0.25, -0.2) is 9.97 Å². The predicted molar refractivity (Wildman–Crippen MR) is 115 cm³/mol. The van der Waals surface area contributed by atoms with Crippen LogP contribution >= 0.6 is 0 Å².